The minimum Gasteiger partial charge on any atom is -0.478 e. The normalized spacial score (nSPS) is 11.2. The monoisotopic (exact) mass is 219 g/mol. The standard InChI is InChI=1S/C13H17NO2/c1-8(2)13(3,4)10-7-9(12(15)16)5-6-11(10)14/h5-7H,1,14H2,2-4H3,(H,15,16). The van der Waals surface area contributed by atoms with Crippen molar-refractivity contribution in [1.82, 2.24) is 0 Å². The average molecular weight is 219 g/mol. The first-order valence-electron chi connectivity index (χ1n) is 5.06. The quantitative estimate of drug-likeness (QED) is 0.607. The van der Waals surface area contributed by atoms with Gasteiger partial charge in [0.15, 0.2) is 0 Å². The summed E-state index contributed by atoms with van der Waals surface area (Å²) in [7, 11) is 0. The topological polar surface area (TPSA) is 63.3 Å². The van der Waals surface area contributed by atoms with Gasteiger partial charge in [-0.3, -0.25) is 0 Å². The molecule has 3 N–H and O–H groups in total. The first kappa shape index (κ1) is 12.3. The second-order valence-electron chi connectivity index (χ2n) is 4.51. The fourth-order valence-corrected chi connectivity index (χ4v) is 1.46. The van der Waals surface area contributed by atoms with Crippen molar-refractivity contribution < 1.29 is 9.90 Å². The molecule has 0 unspecified atom stereocenters. The highest BCUT2D eigenvalue weighted by molar-refractivity contribution is 5.88. The highest BCUT2D eigenvalue weighted by Crippen LogP contribution is 2.34. The Morgan fingerprint density at radius 1 is 1.44 bits per heavy atom. The molecule has 0 saturated carbocycles. The number of benzene rings is 1. The molecule has 0 saturated heterocycles. The Bertz CT molecular complexity index is 447. The van der Waals surface area contributed by atoms with Crippen molar-refractivity contribution in [2.45, 2.75) is 26.2 Å². The van der Waals surface area contributed by atoms with Crippen LogP contribution in [0.15, 0.2) is 30.4 Å². The summed E-state index contributed by atoms with van der Waals surface area (Å²) < 4.78 is 0. The van der Waals surface area contributed by atoms with Crippen LogP contribution in [0.3, 0.4) is 0 Å². The van der Waals surface area contributed by atoms with Gasteiger partial charge in [-0.1, -0.05) is 26.0 Å². The molecule has 1 aromatic rings. The summed E-state index contributed by atoms with van der Waals surface area (Å²) in [5.74, 6) is -0.946. The van der Waals surface area contributed by atoms with Gasteiger partial charge < -0.3 is 10.8 Å². The van der Waals surface area contributed by atoms with E-state index in [1.54, 1.807) is 12.1 Å². The summed E-state index contributed by atoms with van der Waals surface area (Å²) in [4.78, 5) is 10.9. The third kappa shape index (κ3) is 2.08. The van der Waals surface area contributed by atoms with E-state index >= 15 is 0 Å². The van der Waals surface area contributed by atoms with E-state index < -0.39 is 5.97 Å². The number of carboxylic acids is 1. The Labute approximate surface area is 95.6 Å². The SMILES string of the molecule is C=C(C)C(C)(C)c1cc(C(=O)O)ccc1N. The molecule has 3 heteroatoms. The zero-order valence-corrected chi connectivity index (χ0v) is 9.87. The molecule has 1 rings (SSSR count). The lowest BCUT2D eigenvalue weighted by Gasteiger charge is -2.27. The Morgan fingerprint density at radius 2 is 2.00 bits per heavy atom. The molecule has 0 fully saturated rings. The molecule has 16 heavy (non-hydrogen) atoms. The number of hydrogen-bond acceptors (Lipinski definition) is 2. The van der Waals surface area contributed by atoms with Gasteiger partial charge in [0, 0.05) is 11.1 Å². The van der Waals surface area contributed by atoms with Crippen molar-refractivity contribution >= 4 is 11.7 Å². The maximum absolute atomic E-state index is 10.9. The molecule has 0 aliphatic heterocycles. The molecule has 0 amide bonds. The maximum Gasteiger partial charge on any atom is 0.335 e. The molecule has 0 atom stereocenters. The van der Waals surface area contributed by atoms with E-state index in [1.165, 1.54) is 6.07 Å². The molecule has 0 aromatic heterocycles. The van der Waals surface area contributed by atoms with E-state index in [-0.39, 0.29) is 11.0 Å². The van der Waals surface area contributed by atoms with Gasteiger partial charge in [-0.2, -0.15) is 0 Å². The van der Waals surface area contributed by atoms with E-state index in [9.17, 15) is 4.79 Å². The number of aromatic carboxylic acids is 1. The minimum atomic E-state index is -0.946. The molecule has 0 spiro atoms. The molecule has 0 bridgehead atoms. The summed E-state index contributed by atoms with van der Waals surface area (Å²) in [5, 5.41) is 8.94. The third-order valence-electron chi connectivity index (χ3n) is 3.04. The van der Waals surface area contributed by atoms with E-state index in [1.807, 2.05) is 20.8 Å². The predicted molar refractivity (Wildman–Crippen MR) is 65.7 cm³/mol. The van der Waals surface area contributed by atoms with Crippen molar-refractivity contribution in [3.05, 3.63) is 41.5 Å². The molecule has 3 nitrogen and oxygen atoms in total. The van der Waals surface area contributed by atoms with Crippen LogP contribution in [0.4, 0.5) is 5.69 Å². The first-order chi connectivity index (χ1) is 7.26. The summed E-state index contributed by atoms with van der Waals surface area (Å²) in [6.07, 6.45) is 0. The number of allylic oxidation sites excluding steroid dienone is 1. The Hall–Kier alpha value is -1.77. The Balaban J connectivity index is 3.38. The molecular weight excluding hydrogens is 202 g/mol. The van der Waals surface area contributed by atoms with Gasteiger partial charge in [0.25, 0.3) is 0 Å². The van der Waals surface area contributed by atoms with Crippen LogP contribution >= 0.6 is 0 Å². The summed E-state index contributed by atoms with van der Waals surface area (Å²) in [6.45, 7) is 9.78. The van der Waals surface area contributed by atoms with Crippen molar-refractivity contribution in [1.29, 1.82) is 0 Å². The van der Waals surface area contributed by atoms with Crippen molar-refractivity contribution in [3.8, 4) is 0 Å². The number of carbonyl (C=O) groups is 1. The zero-order chi connectivity index (χ0) is 12.5. The molecule has 0 heterocycles. The van der Waals surface area contributed by atoms with E-state index in [4.69, 9.17) is 10.8 Å². The van der Waals surface area contributed by atoms with Crippen molar-refractivity contribution in [2.75, 3.05) is 5.73 Å². The second kappa shape index (κ2) is 4.00. The molecule has 0 radical (unpaired) electrons. The molecule has 0 aliphatic rings. The van der Waals surface area contributed by atoms with Gasteiger partial charge in [0.05, 0.1) is 5.56 Å². The van der Waals surface area contributed by atoms with Crippen molar-refractivity contribution in [3.63, 3.8) is 0 Å². The largest absolute Gasteiger partial charge is 0.478 e. The van der Waals surface area contributed by atoms with Gasteiger partial charge in [0.2, 0.25) is 0 Å². The van der Waals surface area contributed by atoms with E-state index in [0.717, 1.165) is 11.1 Å². The lowest BCUT2D eigenvalue weighted by Crippen LogP contribution is -2.20. The van der Waals surface area contributed by atoms with Crippen LogP contribution < -0.4 is 5.73 Å². The summed E-state index contributed by atoms with van der Waals surface area (Å²) in [6, 6.07) is 4.76. The number of carboxylic acid groups (broad SMARTS) is 1. The summed E-state index contributed by atoms with van der Waals surface area (Å²) in [5.41, 5.74) is 8.15. The molecule has 0 aliphatic carbocycles. The zero-order valence-electron chi connectivity index (χ0n) is 9.87. The Kier molecular flexibility index (Phi) is 3.08. The van der Waals surface area contributed by atoms with Gasteiger partial charge >= 0.3 is 5.97 Å². The van der Waals surface area contributed by atoms with Crippen LogP contribution in [0, 0.1) is 0 Å². The molecular formula is C13H17NO2. The van der Waals surface area contributed by atoms with Crippen LogP contribution in [0.2, 0.25) is 0 Å². The third-order valence-corrected chi connectivity index (χ3v) is 3.04. The fourth-order valence-electron chi connectivity index (χ4n) is 1.46. The number of hydrogen-bond donors (Lipinski definition) is 2. The minimum absolute atomic E-state index is 0.249. The highest BCUT2D eigenvalue weighted by Gasteiger charge is 2.24. The van der Waals surface area contributed by atoms with Gasteiger partial charge in [-0.15, -0.1) is 0 Å². The predicted octanol–water partition coefficient (Wildman–Crippen LogP) is 2.82. The van der Waals surface area contributed by atoms with Gasteiger partial charge in [-0.25, -0.2) is 4.79 Å². The Morgan fingerprint density at radius 3 is 2.44 bits per heavy atom. The average Bonchev–Trinajstić information content (AvgIpc) is 2.17. The van der Waals surface area contributed by atoms with Crippen LogP contribution in [-0.2, 0) is 5.41 Å². The lowest BCUT2D eigenvalue weighted by atomic mass is 9.78. The van der Waals surface area contributed by atoms with Crippen LogP contribution in [0.5, 0.6) is 0 Å². The number of anilines is 1. The summed E-state index contributed by atoms with van der Waals surface area (Å²) >= 11 is 0. The number of nitrogens with two attached hydrogens (primary N) is 1. The van der Waals surface area contributed by atoms with E-state index in [2.05, 4.69) is 6.58 Å². The first-order valence-corrected chi connectivity index (χ1v) is 5.06. The fraction of sp³-hybridized carbons (Fsp3) is 0.308. The highest BCUT2D eigenvalue weighted by atomic mass is 16.4. The maximum atomic E-state index is 10.9. The van der Waals surface area contributed by atoms with E-state index in [0.29, 0.717) is 5.69 Å². The number of rotatable bonds is 3. The van der Waals surface area contributed by atoms with Crippen molar-refractivity contribution in [2.24, 2.45) is 0 Å². The second-order valence-corrected chi connectivity index (χ2v) is 4.51. The molecule has 1 aromatic carbocycles. The van der Waals surface area contributed by atoms with Gasteiger partial charge in [0.1, 0.15) is 0 Å². The number of nitrogen functional groups attached to an aromatic ring is 1. The molecule has 86 valence electrons. The van der Waals surface area contributed by atoms with Gasteiger partial charge in [-0.05, 0) is 30.7 Å². The lowest BCUT2D eigenvalue weighted by molar-refractivity contribution is 0.0697. The van der Waals surface area contributed by atoms with Crippen LogP contribution in [-0.4, -0.2) is 11.1 Å². The van der Waals surface area contributed by atoms with Crippen LogP contribution in [0.25, 0.3) is 0 Å². The van der Waals surface area contributed by atoms with Crippen LogP contribution in [0.1, 0.15) is 36.7 Å². The smallest absolute Gasteiger partial charge is 0.335 e.